The van der Waals surface area contributed by atoms with Gasteiger partial charge in [-0.1, -0.05) is 35.9 Å². The first-order valence-electron chi connectivity index (χ1n) is 25.0. The predicted molar refractivity (Wildman–Crippen MR) is 265 cm³/mol. The second kappa shape index (κ2) is 23.6. The number of hydrogen-bond acceptors (Lipinski definition) is 15. The van der Waals surface area contributed by atoms with Gasteiger partial charge in [0.25, 0.3) is 0 Å². The van der Waals surface area contributed by atoms with Crippen LogP contribution in [0.15, 0.2) is 109 Å². The summed E-state index contributed by atoms with van der Waals surface area (Å²) < 4.78 is 65.0. The molecule has 18 nitrogen and oxygen atoms in total. The number of aromatic nitrogens is 6. The molecule has 19 heteroatoms. The summed E-state index contributed by atoms with van der Waals surface area (Å²) in [5, 5.41) is 13.0. The number of fused-ring (bicyclic) bond motifs is 1. The summed E-state index contributed by atoms with van der Waals surface area (Å²) in [7, 11) is -4.36. The molecule has 4 N–H and O–H groups in total. The van der Waals surface area contributed by atoms with Crippen LogP contribution < -0.4 is 9.47 Å². The van der Waals surface area contributed by atoms with E-state index in [4.69, 9.17) is 28.4 Å². The van der Waals surface area contributed by atoms with E-state index in [0.29, 0.717) is 64.5 Å². The lowest BCUT2D eigenvalue weighted by molar-refractivity contribution is -0.118. The smallest absolute Gasteiger partial charge is 0.231 e. The molecular weight excluding hydrogens is 927 g/mol. The molecule has 2 aromatic carbocycles. The molecule has 3 fully saturated rings. The number of benzene rings is 2. The van der Waals surface area contributed by atoms with Crippen LogP contribution in [0.5, 0.6) is 11.5 Å². The minimum absolute atomic E-state index is 0.0665. The summed E-state index contributed by atoms with van der Waals surface area (Å²) >= 11 is 0. The Hall–Kier alpha value is -5.22. The van der Waals surface area contributed by atoms with E-state index in [1.54, 1.807) is 55.4 Å². The van der Waals surface area contributed by atoms with E-state index >= 15 is 0 Å². The molecule has 4 aliphatic heterocycles. The van der Waals surface area contributed by atoms with Gasteiger partial charge >= 0.3 is 0 Å². The molecule has 5 aliphatic rings. The number of hydrogen-bond donors (Lipinski definition) is 4. The van der Waals surface area contributed by atoms with Gasteiger partial charge in [0.2, 0.25) is 21.6 Å². The quantitative estimate of drug-likeness (QED) is 0.0766. The van der Waals surface area contributed by atoms with E-state index in [2.05, 4.69) is 56.7 Å². The molecule has 5 aromatic rings. The van der Waals surface area contributed by atoms with Crippen molar-refractivity contribution < 1.29 is 41.9 Å². The second-order valence-electron chi connectivity index (χ2n) is 19.1. The van der Waals surface area contributed by atoms with E-state index in [1.165, 1.54) is 5.56 Å². The van der Waals surface area contributed by atoms with Crippen molar-refractivity contribution in [1.29, 1.82) is 0 Å². The number of rotatable bonds is 19. The Morgan fingerprint density at radius 3 is 1.70 bits per heavy atom. The fourth-order valence-electron chi connectivity index (χ4n) is 10.2. The highest BCUT2D eigenvalue weighted by molar-refractivity contribution is 7.93. The second-order valence-corrected chi connectivity index (χ2v) is 21.1. The molecule has 0 amide bonds. The van der Waals surface area contributed by atoms with Crippen LogP contribution in [-0.4, -0.2) is 153 Å². The Balaban J connectivity index is 0.000000225. The standard InChI is InChI=1S/C35H48N6O6S.C17H21N3O3/c1-3-47-34(24-41-17-12-32(13-18-41)46-23-30-20-37-26-39-30)14-4-5-28(35(34,42)48(43,44)33-8-6-27(2)7-9-33)21-40-15-10-31(11-16-40)45-22-29-19-36-25-38-29;1-2-16-17(23-12-22-16)7-13(1)9-20-5-3-15(4-6-20)21-10-14-8-18-11-19-14/h4-9,14,19-20,25-26,31-32,42H,3,10-13,15-18,21-24H2,1-2H3,(H,36,38)(H,37,39);1-2,7-8,11,15H,3-6,9-10,12H2,(H,18,19). The number of nitrogens with one attached hydrogen (secondary N) is 3. The normalized spacial score (nSPS) is 22.9. The molecule has 3 saturated heterocycles. The number of sulfone groups is 1. The molecule has 2 atom stereocenters. The largest absolute Gasteiger partial charge is 0.454 e. The molecule has 3 aromatic heterocycles. The molecule has 0 radical (unpaired) electrons. The van der Waals surface area contributed by atoms with Crippen molar-refractivity contribution in [1.82, 2.24) is 44.6 Å². The maximum Gasteiger partial charge on any atom is 0.231 e. The minimum Gasteiger partial charge on any atom is -0.454 e. The van der Waals surface area contributed by atoms with Gasteiger partial charge < -0.3 is 48.5 Å². The number of ether oxygens (including phenoxy) is 6. The van der Waals surface area contributed by atoms with E-state index in [9.17, 15) is 13.5 Å². The Kier molecular flexibility index (Phi) is 16.8. The van der Waals surface area contributed by atoms with Gasteiger partial charge in [0.05, 0.1) is 79.1 Å². The highest BCUT2D eigenvalue weighted by Crippen LogP contribution is 2.46. The summed E-state index contributed by atoms with van der Waals surface area (Å²) in [5.74, 6) is 1.71. The van der Waals surface area contributed by atoms with Gasteiger partial charge in [0, 0.05) is 84.1 Å². The number of imidazole rings is 3. The number of nitrogens with zero attached hydrogens (tertiary/aromatic N) is 6. The van der Waals surface area contributed by atoms with E-state index in [0.717, 1.165) is 92.3 Å². The van der Waals surface area contributed by atoms with Crippen molar-refractivity contribution in [2.45, 2.75) is 112 Å². The lowest BCUT2D eigenvalue weighted by Gasteiger charge is -2.50. The first kappa shape index (κ1) is 50.7. The Morgan fingerprint density at radius 2 is 1.20 bits per heavy atom. The number of aryl methyl sites for hydroxylation is 1. The molecule has 382 valence electrons. The number of aliphatic hydroxyl groups is 1. The zero-order chi connectivity index (χ0) is 49.1. The fraction of sp³-hybridized carbons (Fsp3) is 0.519. The Bertz CT molecular complexity index is 2570. The molecule has 0 spiro atoms. The average molecular weight is 996 g/mol. The third-order valence-electron chi connectivity index (χ3n) is 14.2. The Labute approximate surface area is 416 Å². The maximum atomic E-state index is 14.8. The third-order valence-corrected chi connectivity index (χ3v) is 16.4. The summed E-state index contributed by atoms with van der Waals surface area (Å²) in [5.41, 5.74) is 3.76. The number of allylic oxidation sites excluding steroid dienone is 2. The maximum absolute atomic E-state index is 14.8. The van der Waals surface area contributed by atoms with Crippen molar-refractivity contribution >= 4 is 9.84 Å². The first-order valence-corrected chi connectivity index (χ1v) is 26.5. The minimum atomic E-state index is -4.36. The fourth-order valence-corrected chi connectivity index (χ4v) is 12.1. The number of aromatic amines is 3. The molecule has 1 aliphatic carbocycles. The monoisotopic (exact) mass is 995 g/mol. The zero-order valence-corrected chi connectivity index (χ0v) is 41.7. The molecule has 71 heavy (non-hydrogen) atoms. The van der Waals surface area contributed by atoms with Gasteiger partial charge in [-0.25, -0.2) is 23.4 Å². The molecule has 10 rings (SSSR count). The first-order chi connectivity index (χ1) is 34.6. The lowest BCUT2D eigenvalue weighted by atomic mass is 9.83. The number of piperidine rings is 3. The van der Waals surface area contributed by atoms with Crippen LogP contribution in [0, 0.1) is 6.92 Å². The lowest BCUT2D eigenvalue weighted by Crippen LogP contribution is -2.67. The highest BCUT2D eigenvalue weighted by Gasteiger charge is 2.63. The highest BCUT2D eigenvalue weighted by atomic mass is 32.2. The van der Waals surface area contributed by atoms with Crippen LogP contribution in [0.3, 0.4) is 0 Å². The molecule has 0 saturated carbocycles. The van der Waals surface area contributed by atoms with Crippen LogP contribution in [-0.2, 0) is 55.2 Å². The number of likely N-dealkylation sites (tertiary alicyclic amines) is 3. The van der Waals surface area contributed by atoms with Crippen LogP contribution in [0.4, 0.5) is 0 Å². The van der Waals surface area contributed by atoms with Crippen LogP contribution in [0.1, 0.15) is 73.7 Å². The Morgan fingerprint density at radius 1 is 0.690 bits per heavy atom. The van der Waals surface area contributed by atoms with Crippen molar-refractivity contribution in [3.8, 4) is 11.5 Å². The molecular formula is C52H69N9O9S. The van der Waals surface area contributed by atoms with Gasteiger partial charge in [-0.2, -0.15) is 0 Å². The third kappa shape index (κ3) is 12.4. The topological polar surface area (TPSA) is 206 Å². The van der Waals surface area contributed by atoms with Crippen LogP contribution >= 0.6 is 0 Å². The SMILES string of the molecule is CCOC1(CN2CCC(OCc3c[nH]cn3)CC2)C=CC=C(CN2CCC(OCc3c[nH]cn3)CC2)C1(O)S(=O)(=O)c1ccc(C)cc1.c1nc(COC2CCN(Cc3ccc4c(c3)OCO4)CC2)c[nH]1. The van der Waals surface area contributed by atoms with Gasteiger partial charge in [-0.15, -0.1) is 0 Å². The predicted octanol–water partition coefficient (Wildman–Crippen LogP) is 5.86. The van der Waals surface area contributed by atoms with Crippen LogP contribution in [0.25, 0.3) is 0 Å². The van der Waals surface area contributed by atoms with Gasteiger partial charge in [-0.05, 0) is 93.9 Å². The van der Waals surface area contributed by atoms with E-state index in [-0.39, 0.29) is 36.8 Å². The van der Waals surface area contributed by atoms with Crippen LogP contribution in [0.2, 0.25) is 0 Å². The van der Waals surface area contributed by atoms with Crippen molar-refractivity contribution in [3.63, 3.8) is 0 Å². The van der Waals surface area contributed by atoms with Gasteiger partial charge in [0.15, 0.2) is 11.5 Å². The van der Waals surface area contributed by atoms with E-state index < -0.39 is 20.4 Å². The molecule has 7 heterocycles. The van der Waals surface area contributed by atoms with E-state index in [1.807, 2.05) is 44.6 Å². The van der Waals surface area contributed by atoms with Crippen molar-refractivity contribution in [3.05, 3.63) is 132 Å². The molecule has 0 bridgehead atoms. The molecule has 2 unspecified atom stereocenters. The summed E-state index contributed by atoms with van der Waals surface area (Å²) in [6.07, 6.45) is 21.6. The average Bonchev–Trinajstić information content (AvgIpc) is 4.26. The summed E-state index contributed by atoms with van der Waals surface area (Å²) in [4.78, 5) is 26.1. The van der Waals surface area contributed by atoms with Crippen molar-refractivity contribution in [2.24, 2.45) is 0 Å². The van der Waals surface area contributed by atoms with Crippen molar-refractivity contribution in [2.75, 3.05) is 65.8 Å². The zero-order valence-electron chi connectivity index (χ0n) is 40.9. The summed E-state index contributed by atoms with van der Waals surface area (Å²) in [6.45, 7) is 12.1. The van der Waals surface area contributed by atoms with Gasteiger partial charge in [-0.3, -0.25) is 14.7 Å². The van der Waals surface area contributed by atoms with Gasteiger partial charge in [0.1, 0.15) is 5.60 Å². The summed E-state index contributed by atoms with van der Waals surface area (Å²) in [6, 6.07) is 12.9. The number of H-pyrrole nitrogens is 3.